The van der Waals surface area contributed by atoms with Gasteiger partial charge in [-0.3, -0.25) is 4.79 Å². The molecule has 3 nitrogen and oxygen atoms in total. The van der Waals surface area contributed by atoms with Crippen molar-refractivity contribution in [3.05, 3.63) is 34.9 Å². The summed E-state index contributed by atoms with van der Waals surface area (Å²) in [6, 6.07) is 5.84. The monoisotopic (exact) mass is 408 g/mol. The van der Waals surface area contributed by atoms with E-state index >= 15 is 0 Å². The highest BCUT2D eigenvalue weighted by Crippen LogP contribution is 2.63. The summed E-state index contributed by atoms with van der Waals surface area (Å²) < 4.78 is 0. The second-order valence-electron chi connectivity index (χ2n) is 10.9. The number of aromatic carboxylic acids is 1. The Bertz CT molecular complexity index is 837. The molecule has 1 N–H and O–H groups in total. The van der Waals surface area contributed by atoms with Crippen LogP contribution in [0.2, 0.25) is 0 Å². The van der Waals surface area contributed by atoms with Gasteiger partial charge in [0.15, 0.2) is 0 Å². The lowest BCUT2D eigenvalue weighted by Gasteiger charge is -2.51. The molecule has 3 heteroatoms. The first-order chi connectivity index (χ1) is 14.5. The van der Waals surface area contributed by atoms with E-state index in [9.17, 15) is 14.7 Å². The number of aryl methyl sites for hydroxylation is 1. The SMILES string of the molecule is C[C@]12CC[C@@H]3c4c(cccc4C(=O)O)CC[C@H]3[C@@H]1CC[C@@H]2C(=O)CC1CCCCC1. The Morgan fingerprint density at radius 2 is 1.83 bits per heavy atom. The molecule has 5 rings (SSSR count). The van der Waals surface area contributed by atoms with Crippen molar-refractivity contribution >= 4 is 11.8 Å². The zero-order valence-electron chi connectivity index (χ0n) is 18.4. The van der Waals surface area contributed by atoms with E-state index in [0.717, 1.165) is 50.5 Å². The first kappa shape index (κ1) is 20.3. The highest BCUT2D eigenvalue weighted by molar-refractivity contribution is 5.90. The summed E-state index contributed by atoms with van der Waals surface area (Å²) in [5.74, 6) is 2.12. The predicted octanol–water partition coefficient (Wildman–Crippen LogP) is 6.40. The number of hydrogen-bond donors (Lipinski definition) is 1. The second-order valence-corrected chi connectivity index (χ2v) is 10.9. The zero-order valence-corrected chi connectivity index (χ0v) is 18.4. The minimum Gasteiger partial charge on any atom is -0.478 e. The van der Waals surface area contributed by atoms with Gasteiger partial charge in [-0.2, -0.15) is 0 Å². The summed E-state index contributed by atoms with van der Waals surface area (Å²) >= 11 is 0. The minimum absolute atomic E-state index is 0.128. The number of ketones is 1. The Kier molecular flexibility index (Phi) is 5.27. The third kappa shape index (κ3) is 3.24. The van der Waals surface area contributed by atoms with Crippen LogP contribution in [0.4, 0.5) is 0 Å². The molecule has 1 aromatic rings. The zero-order chi connectivity index (χ0) is 20.9. The van der Waals surface area contributed by atoms with Crippen molar-refractivity contribution in [2.24, 2.45) is 29.1 Å². The van der Waals surface area contributed by atoms with Crippen LogP contribution in [-0.2, 0) is 11.2 Å². The highest BCUT2D eigenvalue weighted by atomic mass is 16.4. The number of benzene rings is 1. The Hall–Kier alpha value is -1.64. The summed E-state index contributed by atoms with van der Waals surface area (Å²) in [5.41, 5.74) is 3.03. The van der Waals surface area contributed by atoms with Crippen LogP contribution in [0.1, 0.15) is 105 Å². The van der Waals surface area contributed by atoms with E-state index in [1.54, 1.807) is 6.07 Å². The van der Waals surface area contributed by atoms with Gasteiger partial charge in [0, 0.05) is 12.3 Å². The number of carboxylic acid groups (broad SMARTS) is 1. The minimum atomic E-state index is -0.784. The smallest absolute Gasteiger partial charge is 0.335 e. The number of carbonyl (C=O) groups excluding carboxylic acids is 1. The molecule has 5 atom stereocenters. The number of fused-ring (bicyclic) bond motifs is 5. The van der Waals surface area contributed by atoms with Crippen LogP contribution in [0, 0.1) is 29.1 Å². The van der Waals surface area contributed by atoms with Crippen LogP contribution in [0.15, 0.2) is 18.2 Å². The average Bonchev–Trinajstić information content (AvgIpc) is 3.11. The van der Waals surface area contributed by atoms with Crippen LogP contribution >= 0.6 is 0 Å². The quantitative estimate of drug-likeness (QED) is 0.627. The van der Waals surface area contributed by atoms with E-state index in [-0.39, 0.29) is 11.3 Å². The molecule has 4 aliphatic rings. The fraction of sp³-hybridized carbons (Fsp3) is 0.704. The molecule has 0 bridgehead atoms. The van der Waals surface area contributed by atoms with Crippen molar-refractivity contribution in [1.29, 1.82) is 0 Å². The Morgan fingerprint density at radius 1 is 1.03 bits per heavy atom. The van der Waals surface area contributed by atoms with Crippen LogP contribution in [-0.4, -0.2) is 16.9 Å². The summed E-state index contributed by atoms with van der Waals surface area (Å²) in [4.78, 5) is 25.3. The van der Waals surface area contributed by atoms with Gasteiger partial charge in [-0.15, -0.1) is 0 Å². The maximum Gasteiger partial charge on any atom is 0.335 e. The molecule has 3 saturated carbocycles. The molecule has 3 fully saturated rings. The molecule has 0 heterocycles. The van der Waals surface area contributed by atoms with E-state index in [1.807, 2.05) is 6.07 Å². The number of Topliss-reactive ketones (excluding diaryl/α,β-unsaturated/α-hetero) is 1. The van der Waals surface area contributed by atoms with Gasteiger partial charge >= 0.3 is 5.97 Å². The van der Waals surface area contributed by atoms with Crippen LogP contribution < -0.4 is 0 Å². The summed E-state index contributed by atoms with van der Waals surface area (Å²) in [6.07, 6.45) is 13.7. The number of carbonyl (C=O) groups is 2. The maximum atomic E-state index is 13.4. The molecule has 0 aromatic heterocycles. The topological polar surface area (TPSA) is 54.4 Å². The lowest BCUT2D eigenvalue weighted by Crippen LogP contribution is -2.44. The van der Waals surface area contributed by atoms with Gasteiger partial charge in [0.1, 0.15) is 5.78 Å². The molecule has 0 unspecified atom stereocenters. The van der Waals surface area contributed by atoms with Crippen molar-refractivity contribution in [2.45, 2.75) is 89.9 Å². The molecule has 0 saturated heterocycles. The largest absolute Gasteiger partial charge is 0.478 e. The van der Waals surface area contributed by atoms with Gasteiger partial charge < -0.3 is 5.11 Å². The number of rotatable bonds is 4. The molecule has 0 amide bonds. The predicted molar refractivity (Wildman–Crippen MR) is 118 cm³/mol. The molecule has 0 radical (unpaired) electrons. The first-order valence-electron chi connectivity index (χ1n) is 12.4. The van der Waals surface area contributed by atoms with E-state index in [2.05, 4.69) is 13.0 Å². The number of carboxylic acids is 1. The molecular weight excluding hydrogens is 372 g/mol. The molecule has 0 aliphatic heterocycles. The van der Waals surface area contributed by atoms with Crippen molar-refractivity contribution in [3.8, 4) is 0 Å². The fourth-order valence-corrected chi connectivity index (χ4v) is 8.17. The first-order valence-corrected chi connectivity index (χ1v) is 12.4. The van der Waals surface area contributed by atoms with Gasteiger partial charge in [-0.1, -0.05) is 51.2 Å². The molecule has 4 aliphatic carbocycles. The van der Waals surface area contributed by atoms with Crippen molar-refractivity contribution < 1.29 is 14.7 Å². The molecular formula is C27H36O3. The second kappa shape index (κ2) is 7.80. The Morgan fingerprint density at radius 3 is 2.60 bits per heavy atom. The Balaban J connectivity index is 1.38. The fourth-order valence-electron chi connectivity index (χ4n) is 8.17. The van der Waals surface area contributed by atoms with Crippen LogP contribution in [0.5, 0.6) is 0 Å². The van der Waals surface area contributed by atoms with Gasteiger partial charge in [0.2, 0.25) is 0 Å². The molecule has 1 aromatic carbocycles. The average molecular weight is 409 g/mol. The molecule has 30 heavy (non-hydrogen) atoms. The van der Waals surface area contributed by atoms with Gasteiger partial charge in [0.25, 0.3) is 0 Å². The molecule has 0 spiro atoms. The summed E-state index contributed by atoms with van der Waals surface area (Å²) in [5, 5.41) is 9.80. The maximum absolute atomic E-state index is 13.4. The van der Waals surface area contributed by atoms with E-state index in [4.69, 9.17) is 0 Å². The molecule has 162 valence electrons. The van der Waals surface area contributed by atoms with E-state index in [1.165, 1.54) is 37.7 Å². The normalized spacial score (nSPS) is 35.9. The third-order valence-electron chi connectivity index (χ3n) is 9.59. The lowest BCUT2D eigenvalue weighted by atomic mass is 9.53. The van der Waals surface area contributed by atoms with Crippen molar-refractivity contribution in [3.63, 3.8) is 0 Å². The van der Waals surface area contributed by atoms with Gasteiger partial charge in [0.05, 0.1) is 5.56 Å². The third-order valence-corrected chi connectivity index (χ3v) is 9.59. The standard InChI is InChI=1S/C27H36O3/c1-27-15-14-20-19(11-10-18-8-5-9-21(25(18)20)26(29)30)22(27)12-13-23(27)24(28)16-17-6-3-2-4-7-17/h5,8-9,17,19-20,22-23H,2-4,6-7,10-16H2,1H3,(H,29,30)/t19-,20+,22+,23-,27+/m1/s1. The highest BCUT2D eigenvalue weighted by Gasteiger charge is 2.56. The summed E-state index contributed by atoms with van der Waals surface area (Å²) in [7, 11) is 0. The summed E-state index contributed by atoms with van der Waals surface area (Å²) in [6.45, 7) is 2.41. The number of hydrogen-bond acceptors (Lipinski definition) is 2. The van der Waals surface area contributed by atoms with E-state index in [0.29, 0.717) is 35.0 Å². The van der Waals surface area contributed by atoms with Crippen molar-refractivity contribution in [1.82, 2.24) is 0 Å². The van der Waals surface area contributed by atoms with E-state index < -0.39 is 5.97 Å². The van der Waals surface area contributed by atoms with Crippen LogP contribution in [0.3, 0.4) is 0 Å². The van der Waals surface area contributed by atoms with Gasteiger partial charge in [-0.05, 0) is 84.8 Å². The van der Waals surface area contributed by atoms with Crippen LogP contribution in [0.25, 0.3) is 0 Å². The van der Waals surface area contributed by atoms with Crippen molar-refractivity contribution in [2.75, 3.05) is 0 Å². The lowest BCUT2D eigenvalue weighted by molar-refractivity contribution is -0.129. The van der Waals surface area contributed by atoms with Gasteiger partial charge in [-0.25, -0.2) is 4.79 Å². The Labute approximate surface area is 180 Å².